The van der Waals surface area contributed by atoms with Gasteiger partial charge in [-0.3, -0.25) is 0 Å². The SMILES string of the molecule is CN(CCCS(N)(=O)=O)CC1CCC1. The van der Waals surface area contributed by atoms with Crippen LogP contribution in [0.2, 0.25) is 0 Å². The van der Waals surface area contributed by atoms with Crippen LogP contribution in [0.25, 0.3) is 0 Å². The topological polar surface area (TPSA) is 63.4 Å². The van der Waals surface area contributed by atoms with Gasteiger partial charge in [0.1, 0.15) is 0 Å². The average molecular weight is 220 g/mol. The molecule has 0 amide bonds. The van der Waals surface area contributed by atoms with Crippen molar-refractivity contribution in [1.82, 2.24) is 4.90 Å². The molecule has 0 aliphatic heterocycles. The first-order valence-corrected chi connectivity index (χ1v) is 6.88. The van der Waals surface area contributed by atoms with E-state index in [9.17, 15) is 8.42 Å². The van der Waals surface area contributed by atoms with Gasteiger partial charge in [0.05, 0.1) is 5.75 Å². The van der Waals surface area contributed by atoms with E-state index in [0.717, 1.165) is 19.0 Å². The summed E-state index contributed by atoms with van der Waals surface area (Å²) in [4.78, 5) is 2.20. The standard InChI is InChI=1S/C9H20N2O2S/c1-11(8-9-4-2-5-9)6-3-7-14(10,12)13/h9H,2-8H2,1H3,(H2,10,12,13). The minimum Gasteiger partial charge on any atom is -0.306 e. The number of primary sulfonamides is 1. The molecule has 0 spiro atoms. The summed E-state index contributed by atoms with van der Waals surface area (Å²) in [6.07, 6.45) is 4.66. The predicted molar refractivity (Wildman–Crippen MR) is 57.4 cm³/mol. The summed E-state index contributed by atoms with van der Waals surface area (Å²) in [5, 5.41) is 4.91. The van der Waals surface area contributed by atoms with Gasteiger partial charge in [0.15, 0.2) is 0 Å². The summed E-state index contributed by atoms with van der Waals surface area (Å²) in [6.45, 7) is 1.93. The molecule has 0 saturated heterocycles. The monoisotopic (exact) mass is 220 g/mol. The van der Waals surface area contributed by atoms with Crippen LogP contribution < -0.4 is 5.14 Å². The summed E-state index contributed by atoms with van der Waals surface area (Å²) in [7, 11) is -1.22. The van der Waals surface area contributed by atoms with Crippen molar-refractivity contribution in [2.24, 2.45) is 11.1 Å². The van der Waals surface area contributed by atoms with E-state index in [2.05, 4.69) is 4.90 Å². The second kappa shape index (κ2) is 5.09. The van der Waals surface area contributed by atoms with Gasteiger partial charge in [-0.05, 0) is 38.8 Å². The Hall–Kier alpha value is -0.130. The van der Waals surface area contributed by atoms with Crippen LogP contribution >= 0.6 is 0 Å². The Morgan fingerprint density at radius 2 is 2.07 bits per heavy atom. The normalized spacial score (nSPS) is 18.5. The van der Waals surface area contributed by atoms with Gasteiger partial charge in [-0.2, -0.15) is 0 Å². The average Bonchev–Trinajstić information content (AvgIpc) is 1.94. The second-order valence-electron chi connectivity index (χ2n) is 4.28. The Bertz CT molecular complexity index is 260. The Labute approximate surface area is 86.5 Å². The highest BCUT2D eigenvalue weighted by Crippen LogP contribution is 2.26. The molecule has 1 aliphatic carbocycles. The van der Waals surface area contributed by atoms with Crippen LogP contribution in [0.1, 0.15) is 25.7 Å². The molecule has 14 heavy (non-hydrogen) atoms. The van der Waals surface area contributed by atoms with E-state index in [1.165, 1.54) is 19.3 Å². The van der Waals surface area contributed by atoms with E-state index in [0.29, 0.717) is 6.42 Å². The molecule has 84 valence electrons. The van der Waals surface area contributed by atoms with E-state index in [1.807, 2.05) is 7.05 Å². The maximum Gasteiger partial charge on any atom is 0.209 e. The molecule has 2 N–H and O–H groups in total. The molecule has 0 aromatic heterocycles. The molecule has 4 nitrogen and oxygen atoms in total. The molecular weight excluding hydrogens is 200 g/mol. The van der Waals surface area contributed by atoms with Gasteiger partial charge in [-0.15, -0.1) is 0 Å². The summed E-state index contributed by atoms with van der Waals surface area (Å²) in [5.74, 6) is 0.941. The number of nitrogens with zero attached hydrogens (tertiary/aromatic N) is 1. The highest BCUT2D eigenvalue weighted by Gasteiger charge is 2.18. The Morgan fingerprint density at radius 3 is 2.50 bits per heavy atom. The minimum absolute atomic E-state index is 0.0992. The van der Waals surface area contributed by atoms with Gasteiger partial charge >= 0.3 is 0 Å². The van der Waals surface area contributed by atoms with E-state index in [-0.39, 0.29) is 5.75 Å². The lowest BCUT2D eigenvalue weighted by molar-refractivity contribution is 0.206. The first kappa shape index (κ1) is 11.9. The molecule has 1 aliphatic rings. The van der Waals surface area contributed by atoms with Crippen LogP contribution in [0, 0.1) is 5.92 Å². The number of nitrogens with two attached hydrogens (primary N) is 1. The molecule has 0 aromatic rings. The fourth-order valence-corrected chi connectivity index (χ4v) is 2.27. The molecule has 0 atom stereocenters. The van der Waals surface area contributed by atoms with Crippen LogP contribution in [0.5, 0.6) is 0 Å². The van der Waals surface area contributed by atoms with E-state index < -0.39 is 10.0 Å². The van der Waals surface area contributed by atoms with Gasteiger partial charge in [0.25, 0.3) is 0 Å². The Morgan fingerprint density at radius 1 is 1.43 bits per heavy atom. The van der Waals surface area contributed by atoms with Crippen LogP contribution in [-0.2, 0) is 10.0 Å². The van der Waals surface area contributed by atoms with Gasteiger partial charge in [-0.1, -0.05) is 6.42 Å². The third kappa shape index (κ3) is 4.93. The molecule has 5 heteroatoms. The first-order chi connectivity index (χ1) is 6.47. The predicted octanol–water partition coefficient (Wildman–Crippen LogP) is 0.397. The molecule has 0 heterocycles. The second-order valence-corrected chi connectivity index (χ2v) is 6.01. The molecule has 0 bridgehead atoms. The summed E-state index contributed by atoms with van der Waals surface area (Å²) >= 11 is 0. The molecule has 1 saturated carbocycles. The molecule has 1 fully saturated rings. The van der Waals surface area contributed by atoms with Crippen molar-refractivity contribution in [3.05, 3.63) is 0 Å². The lowest BCUT2D eigenvalue weighted by Gasteiger charge is -2.30. The fraction of sp³-hybridized carbons (Fsp3) is 1.00. The van der Waals surface area contributed by atoms with Crippen molar-refractivity contribution < 1.29 is 8.42 Å². The zero-order valence-corrected chi connectivity index (χ0v) is 9.59. The van der Waals surface area contributed by atoms with Gasteiger partial charge < -0.3 is 4.90 Å². The third-order valence-electron chi connectivity index (χ3n) is 2.76. The van der Waals surface area contributed by atoms with Crippen molar-refractivity contribution in [1.29, 1.82) is 0 Å². The smallest absolute Gasteiger partial charge is 0.209 e. The number of hydrogen-bond acceptors (Lipinski definition) is 3. The minimum atomic E-state index is -3.27. The zero-order valence-electron chi connectivity index (χ0n) is 8.78. The van der Waals surface area contributed by atoms with Gasteiger partial charge in [0, 0.05) is 6.54 Å². The largest absolute Gasteiger partial charge is 0.306 e. The van der Waals surface area contributed by atoms with E-state index in [4.69, 9.17) is 5.14 Å². The Balaban J connectivity index is 2.05. The third-order valence-corrected chi connectivity index (χ3v) is 3.62. The van der Waals surface area contributed by atoms with Crippen LogP contribution in [0.3, 0.4) is 0 Å². The molecule has 0 aromatic carbocycles. The number of rotatable bonds is 6. The van der Waals surface area contributed by atoms with Crippen molar-refractivity contribution in [3.8, 4) is 0 Å². The van der Waals surface area contributed by atoms with Crippen molar-refractivity contribution in [3.63, 3.8) is 0 Å². The summed E-state index contributed by atoms with van der Waals surface area (Å²) in [6, 6.07) is 0. The zero-order chi connectivity index (χ0) is 10.6. The Kier molecular flexibility index (Phi) is 4.34. The summed E-state index contributed by atoms with van der Waals surface area (Å²) < 4.78 is 21.3. The maximum absolute atomic E-state index is 10.7. The van der Waals surface area contributed by atoms with Crippen molar-refractivity contribution in [2.75, 3.05) is 25.9 Å². The van der Waals surface area contributed by atoms with Crippen LogP contribution in [-0.4, -0.2) is 39.2 Å². The maximum atomic E-state index is 10.7. The number of sulfonamides is 1. The van der Waals surface area contributed by atoms with Crippen LogP contribution in [0.15, 0.2) is 0 Å². The molecular formula is C9H20N2O2S. The molecule has 0 radical (unpaired) electrons. The van der Waals surface area contributed by atoms with Gasteiger partial charge in [0.2, 0.25) is 10.0 Å². The van der Waals surface area contributed by atoms with E-state index in [1.54, 1.807) is 0 Å². The molecule has 1 rings (SSSR count). The number of hydrogen-bond donors (Lipinski definition) is 1. The molecule has 0 unspecified atom stereocenters. The quantitative estimate of drug-likeness (QED) is 0.704. The first-order valence-electron chi connectivity index (χ1n) is 5.16. The van der Waals surface area contributed by atoms with Crippen molar-refractivity contribution in [2.45, 2.75) is 25.7 Å². The van der Waals surface area contributed by atoms with Gasteiger partial charge in [-0.25, -0.2) is 13.6 Å². The van der Waals surface area contributed by atoms with E-state index >= 15 is 0 Å². The highest BCUT2D eigenvalue weighted by atomic mass is 32.2. The lowest BCUT2D eigenvalue weighted by atomic mass is 9.85. The fourth-order valence-electron chi connectivity index (χ4n) is 1.74. The highest BCUT2D eigenvalue weighted by molar-refractivity contribution is 7.89. The van der Waals surface area contributed by atoms with Crippen LogP contribution in [0.4, 0.5) is 0 Å². The summed E-state index contributed by atoms with van der Waals surface area (Å²) in [5.41, 5.74) is 0. The van der Waals surface area contributed by atoms with Crippen molar-refractivity contribution >= 4 is 10.0 Å². The lowest BCUT2D eigenvalue weighted by Crippen LogP contribution is -2.31.